The smallest absolute Gasteiger partial charge is 0.261 e. The molecule has 126 valence electrons. The van der Waals surface area contributed by atoms with E-state index >= 15 is 0 Å². The van der Waals surface area contributed by atoms with E-state index in [1.165, 1.54) is 23.9 Å². The second-order valence-electron chi connectivity index (χ2n) is 6.29. The molecule has 1 heterocycles. The number of aromatic hydroxyl groups is 2. The van der Waals surface area contributed by atoms with Gasteiger partial charge in [-0.05, 0) is 36.6 Å². The first-order valence-electron chi connectivity index (χ1n) is 8.12. The lowest BCUT2D eigenvalue weighted by Gasteiger charge is -2.23. The summed E-state index contributed by atoms with van der Waals surface area (Å²) in [4.78, 5) is 16.4. The van der Waals surface area contributed by atoms with Crippen LogP contribution in [0.3, 0.4) is 0 Å². The van der Waals surface area contributed by atoms with Crippen LogP contribution >= 0.6 is 0 Å². The molecule has 2 N–H and O–H groups in total. The summed E-state index contributed by atoms with van der Waals surface area (Å²) in [6.45, 7) is 2.46. The molecule has 1 aliphatic heterocycles. The van der Waals surface area contributed by atoms with Gasteiger partial charge < -0.3 is 20.0 Å². The molecule has 5 nitrogen and oxygen atoms in total. The predicted octanol–water partition coefficient (Wildman–Crippen LogP) is 2.70. The van der Waals surface area contributed by atoms with Crippen molar-refractivity contribution in [2.75, 3.05) is 31.6 Å². The van der Waals surface area contributed by atoms with Crippen LogP contribution in [0.1, 0.15) is 16.8 Å². The van der Waals surface area contributed by atoms with Crippen molar-refractivity contribution in [1.82, 2.24) is 4.90 Å². The fourth-order valence-corrected chi connectivity index (χ4v) is 3.26. The molecule has 0 spiro atoms. The van der Waals surface area contributed by atoms with E-state index in [1.807, 2.05) is 18.2 Å². The molecule has 0 aromatic heterocycles. The minimum atomic E-state index is -0.358. The van der Waals surface area contributed by atoms with Gasteiger partial charge in [0.05, 0.1) is 0 Å². The van der Waals surface area contributed by atoms with Crippen LogP contribution in [0.5, 0.6) is 11.5 Å². The maximum atomic E-state index is 12.5. The van der Waals surface area contributed by atoms with E-state index < -0.39 is 0 Å². The predicted molar refractivity (Wildman–Crippen MR) is 93.5 cm³/mol. The molecule has 1 amide bonds. The third-order valence-electron chi connectivity index (χ3n) is 4.52. The van der Waals surface area contributed by atoms with Crippen LogP contribution in [-0.2, 0) is 0 Å². The number of rotatable bonds is 4. The van der Waals surface area contributed by atoms with Gasteiger partial charge in [0.2, 0.25) is 0 Å². The largest absolute Gasteiger partial charge is 0.507 e. The molecule has 0 unspecified atom stereocenters. The van der Waals surface area contributed by atoms with Gasteiger partial charge in [-0.3, -0.25) is 4.79 Å². The van der Waals surface area contributed by atoms with Crippen LogP contribution < -0.4 is 4.90 Å². The topological polar surface area (TPSA) is 64.0 Å². The van der Waals surface area contributed by atoms with Crippen molar-refractivity contribution in [3.05, 3.63) is 54.1 Å². The molecule has 3 rings (SSSR count). The Morgan fingerprint density at radius 1 is 1.12 bits per heavy atom. The number of carbonyl (C=O) groups is 1. The first kappa shape index (κ1) is 16.2. The number of hydrogen-bond acceptors (Lipinski definition) is 4. The van der Waals surface area contributed by atoms with Gasteiger partial charge in [-0.25, -0.2) is 0 Å². The molecule has 0 bridgehead atoms. The highest BCUT2D eigenvalue weighted by Crippen LogP contribution is 2.29. The van der Waals surface area contributed by atoms with E-state index in [1.54, 1.807) is 11.9 Å². The fraction of sp³-hybridized carbons (Fsp3) is 0.316. The molecule has 0 aliphatic carbocycles. The molecule has 24 heavy (non-hydrogen) atoms. The Kier molecular flexibility index (Phi) is 4.60. The molecular formula is C19H22N2O3. The quantitative estimate of drug-likeness (QED) is 0.907. The second kappa shape index (κ2) is 6.83. The van der Waals surface area contributed by atoms with Gasteiger partial charge in [0.25, 0.3) is 5.91 Å². The first-order valence-corrected chi connectivity index (χ1v) is 8.12. The highest BCUT2D eigenvalue weighted by atomic mass is 16.3. The third kappa shape index (κ3) is 3.30. The number of phenols is 2. The zero-order chi connectivity index (χ0) is 17.1. The molecule has 5 heteroatoms. The Morgan fingerprint density at radius 3 is 2.46 bits per heavy atom. The molecule has 0 saturated carbocycles. The van der Waals surface area contributed by atoms with Crippen LogP contribution in [0.2, 0.25) is 0 Å². The van der Waals surface area contributed by atoms with Crippen molar-refractivity contribution in [3.8, 4) is 11.5 Å². The Bertz CT molecular complexity index is 698. The number of hydrogen-bond donors (Lipinski definition) is 2. The van der Waals surface area contributed by atoms with Crippen LogP contribution in [0.4, 0.5) is 5.69 Å². The van der Waals surface area contributed by atoms with Crippen molar-refractivity contribution in [1.29, 1.82) is 0 Å². The van der Waals surface area contributed by atoms with Gasteiger partial charge in [-0.15, -0.1) is 0 Å². The van der Waals surface area contributed by atoms with Crippen LogP contribution in [-0.4, -0.2) is 47.7 Å². The standard InChI is InChI=1S/C19H22N2O3/c1-20(19(24)18-16(22)8-5-9-17(18)23)12-14-10-11-21(13-14)15-6-3-2-4-7-15/h2-9,14,22-23H,10-13H2,1H3/t14-/m0/s1. The van der Waals surface area contributed by atoms with Crippen molar-refractivity contribution in [2.24, 2.45) is 5.92 Å². The Morgan fingerprint density at radius 2 is 1.79 bits per heavy atom. The number of phenolic OH excluding ortho intramolecular Hbond substituents is 2. The fourth-order valence-electron chi connectivity index (χ4n) is 3.26. The molecule has 1 atom stereocenters. The number of para-hydroxylation sites is 1. The lowest BCUT2D eigenvalue weighted by Crippen LogP contribution is -2.33. The minimum Gasteiger partial charge on any atom is -0.507 e. The SMILES string of the molecule is CN(C[C@@H]1CCN(c2ccccc2)C1)C(=O)c1c(O)cccc1O. The lowest BCUT2D eigenvalue weighted by molar-refractivity contribution is 0.0770. The maximum absolute atomic E-state index is 12.5. The monoisotopic (exact) mass is 326 g/mol. The maximum Gasteiger partial charge on any atom is 0.261 e. The highest BCUT2D eigenvalue weighted by Gasteiger charge is 2.27. The van der Waals surface area contributed by atoms with Crippen molar-refractivity contribution >= 4 is 11.6 Å². The molecule has 1 fully saturated rings. The van der Waals surface area contributed by atoms with Crippen molar-refractivity contribution < 1.29 is 15.0 Å². The van der Waals surface area contributed by atoms with Crippen molar-refractivity contribution in [2.45, 2.75) is 6.42 Å². The van der Waals surface area contributed by atoms with Crippen molar-refractivity contribution in [3.63, 3.8) is 0 Å². The first-order chi connectivity index (χ1) is 11.6. The summed E-state index contributed by atoms with van der Waals surface area (Å²) in [7, 11) is 1.71. The van der Waals surface area contributed by atoms with Crippen LogP contribution in [0.25, 0.3) is 0 Å². The summed E-state index contributed by atoms with van der Waals surface area (Å²) < 4.78 is 0. The van der Waals surface area contributed by atoms with E-state index in [2.05, 4.69) is 17.0 Å². The van der Waals surface area contributed by atoms with E-state index in [0.717, 1.165) is 19.5 Å². The minimum absolute atomic E-state index is 0.0297. The molecule has 1 saturated heterocycles. The summed E-state index contributed by atoms with van der Waals surface area (Å²) in [6.07, 6.45) is 1.01. The van der Waals surface area contributed by atoms with Gasteiger partial charge in [-0.1, -0.05) is 24.3 Å². The van der Waals surface area contributed by atoms with Gasteiger partial charge in [0.15, 0.2) is 0 Å². The average Bonchev–Trinajstić information content (AvgIpc) is 3.04. The molecule has 2 aromatic rings. The molecular weight excluding hydrogens is 304 g/mol. The number of benzene rings is 2. The van der Waals surface area contributed by atoms with Gasteiger partial charge in [0.1, 0.15) is 17.1 Å². The van der Waals surface area contributed by atoms with Crippen LogP contribution in [0.15, 0.2) is 48.5 Å². The number of anilines is 1. The van der Waals surface area contributed by atoms with Crippen LogP contribution in [0, 0.1) is 5.92 Å². The van der Waals surface area contributed by atoms with E-state index in [9.17, 15) is 15.0 Å². The summed E-state index contributed by atoms with van der Waals surface area (Å²) in [6, 6.07) is 14.6. The Hall–Kier alpha value is -2.69. The van der Waals surface area contributed by atoms with E-state index in [-0.39, 0.29) is 23.0 Å². The normalized spacial score (nSPS) is 17.0. The number of nitrogens with zero attached hydrogens (tertiary/aromatic N) is 2. The Balaban J connectivity index is 1.63. The van der Waals surface area contributed by atoms with Gasteiger partial charge in [0, 0.05) is 32.4 Å². The summed E-state index contributed by atoms with van der Waals surface area (Å²) in [5.74, 6) is -0.371. The van der Waals surface area contributed by atoms with E-state index in [0.29, 0.717) is 12.5 Å². The summed E-state index contributed by atoms with van der Waals surface area (Å²) in [5.41, 5.74) is 1.17. The summed E-state index contributed by atoms with van der Waals surface area (Å²) in [5, 5.41) is 19.7. The third-order valence-corrected chi connectivity index (χ3v) is 4.52. The number of carbonyl (C=O) groups excluding carboxylic acids is 1. The number of amides is 1. The average molecular weight is 326 g/mol. The highest BCUT2D eigenvalue weighted by molar-refractivity contribution is 5.99. The second-order valence-corrected chi connectivity index (χ2v) is 6.29. The zero-order valence-electron chi connectivity index (χ0n) is 13.7. The lowest BCUT2D eigenvalue weighted by atomic mass is 10.1. The molecule has 2 aromatic carbocycles. The molecule has 1 aliphatic rings. The molecule has 0 radical (unpaired) electrons. The Labute approximate surface area is 141 Å². The van der Waals surface area contributed by atoms with E-state index in [4.69, 9.17) is 0 Å². The van der Waals surface area contributed by atoms with Gasteiger partial charge >= 0.3 is 0 Å². The zero-order valence-corrected chi connectivity index (χ0v) is 13.7. The van der Waals surface area contributed by atoms with Gasteiger partial charge in [-0.2, -0.15) is 0 Å². The summed E-state index contributed by atoms with van der Waals surface area (Å²) >= 11 is 0.